The minimum Gasteiger partial charge on any atom is -0.454 e. The summed E-state index contributed by atoms with van der Waals surface area (Å²) in [5, 5.41) is 6.72. The Balaban J connectivity index is 0.00000196. The van der Waals surface area contributed by atoms with Crippen molar-refractivity contribution in [1.29, 1.82) is 0 Å². The Morgan fingerprint density at radius 3 is 2.42 bits per heavy atom. The van der Waals surface area contributed by atoms with Gasteiger partial charge in [0.05, 0.1) is 0 Å². The average Bonchev–Trinajstić information content (AvgIpc) is 3.29. The van der Waals surface area contributed by atoms with Gasteiger partial charge in [-0.15, -0.1) is 24.0 Å². The van der Waals surface area contributed by atoms with E-state index in [0.29, 0.717) is 13.3 Å². The molecule has 1 aliphatic heterocycles. The quantitative estimate of drug-likeness (QED) is 0.413. The predicted octanol–water partition coefficient (Wildman–Crippen LogP) is 3.39. The van der Waals surface area contributed by atoms with Gasteiger partial charge in [0.25, 0.3) is 0 Å². The Bertz CT molecular complexity index is 744. The monoisotopic (exact) mass is 465 g/mol. The third kappa shape index (κ3) is 4.23. The van der Waals surface area contributed by atoms with Gasteiger partial charge in [-0.2, -0.15) is 0 Å². The van der Waals surface area contributed by atoms with E-state index in [4.69, 9.17) is 9.47 Å². The lowest BCUT2D eigenvalue weighted by Gasteiger charge is -2.13. The van der Waals surface area contributed by atoms with E-state index in [9.17, 15) is 0 Å². The maximum Gasteiger partial charge on any atom is 0.231 e. The van der Waals surface area contributed by atoms with Crippen LogP contribution in [0.25, 0.3) is 0 Å². The molecule has 2 aliphatic rings. The normalized spacial score (nSPS) is 14.6. The minimum absolute atomic E-state index is 0. The molecule has 0 saturated carbocycles. The first-order valence-corrected chi connectivity index (χ1v) is 8.75. The van der Waals surface area contributed by atoms with Crippen molar-refractivity contribution in [3.63, 3.8) is 0 Å². The Labute approximate surface area is 171 Å². The summed E-state index contributed by atoms with van der Waals surface area (Å²) in [7, 11) is 1.79. The number of aryl methyl sites for hydroxylation is 2. The molecule has 0 aromatic heterocycles. The smallest absolute Gasteiger partial charge is 0.231 e. The van der Waals surface area contributed by atoms with Gasteiger partial charge in [-0.25, -0.2) is 0 Å². The largest absolute Gasteiger partial charge is 0.454 e. The van der Waals surface area contributed by atoms with Crippen LogP contribution < -0.4 is 20.1 Å². The van der Waals surface area contributed by atoms with E-state index in [-0.39, 0.29) is 24.0 Å². The molecule has 6 heteroatoms. The van der Waals surface area contributed by atoms with Crippen LogP contribution in [0.2, 0.25) is 0 Å². The highest BCUT2D eigenvalue weighted by Gasteiger charge is 2.13. The predicted molar refractivity (Wildman–Crippen MR) is 113 cm³/mol. The number of benzene rings is 2. The third-order valence-corrected chi connectivity index (χ3v) is 4.74. The fourth-order valence-electron chi connectivity index (χ4n) is 3.38. The summed E-state index contributed by atoms with van der Waals surface area (Å²) >= 11 is 0. The first-order chi connectivity index (χ1) is 12.3. The van der Waals surface area contributed by atoms with E-state index in [2.05, 4.69) is 33.8 Å². The second-order valence-corrected chi connectivity index (χ2v) is 6.42. The lowest BCUT2D eigenvalue weighted by molar-refractivity contribution is 0.174. The summed E-state index contributed by atoms with van der Waals surface area (Å²) in [5.74, 6) is 2.40. The second kappa shape index (κ2) is 8.62. The second-order valence-electron chi connectivity index (χ2n) is 6.42. The summed E-state index contributed by atoms with van der Waals surface area (Å²) in [6.45, 7) is 1.75. The van der Waals surface area contributed by atoms with Gasteiger partial charge in [0.15, 0.2) is 17.5 Å². The number of hydrogen-bond donors (Lipinski definition) is 2. The molecule has 2 N–H and O–H groups in total. The molecule has 1 aliphatic carbocycles. The van der Waals surface area contributed by atoms with Gasteiger partial charge in [-0.3, -0.25) is 4.99 Å². The maximum atomic E-state index is 5.42. The Morgan fingerprint density at radius 1 is 0.923 bits per heavy atom. The van der Waals surface area contributed by atoms with Gasteiger partial charge in [0, 0.05) is 20.1 Å². The number of aliphatic imine (C=N–C) groups is 1. The minimum atomic E-state index is 0. The van der Waals surface area contributed by atoms with Crippen molar-refractivity contribution in [3.05, 3.63) is 58.7 Å². The molecule has 0 atom stereocenters. The summed E-state index contributed by atoms with van der Waals surface area (Å²) < 4.78 is 10.8. The Hall–Kier alpha value is -1.96. The molecule has 0 unspecified atom stereocenters. The van der Waals surface area contributed by atoms with Crippen molar-refractivity contribution in [2.45, 2.75) is 32.4 Å². The van der Waals surface area contributed by atoms with E-state index >= 15 is 0 Å². The van der Waals surface area contributed by atoms with E-state index in [0.717, 1.165) is 29.6 Å². The average molecular weight is 465 g/mol. The summed E-state index contributed by atoms with van der Waals surface area (Å²) in [6.07, 6.45) is 3.72. The number of fused-ring (bicyclic) bond motifs is 2. The molecule has 26 heavy (non-hydrogen) atoms. The number of rotatable bonds is 4. The lowest BCUT2D eigenvalue weighted by atomic mass is 10.1. The number of nitrogens with one attached hydrogen (secondary N) is 2. The zero-order valence-corrected chi connectivity index (χ0v) is 17.2. The third-order valence-electron chi connectivity index (χ3n) is 4.74. The molecular formula is C20H24IN3O2. The molecule has 0 amide bonds. The van der Waals surface area contributed by atoms with Crippen LogP contribution in [0, 0.1) is 0 Å². The van der Waals surface area contributed by atoms with Crippen molar-refractivity contribution >= 4 is 29.9 Å². The highest BCUT2D eigenvalue weighted by atomic mass is 127. The maximum absolute atomic E-state index is 5.42. The van der Waals surface area contributed by atoms with Crippen LogP contribution in [0.3, 0.4) is 0 Å². The van der Waals surface area contributed by atoms with Crippen LogP contribution >= 0.6 is 24.0 Å². The zero-order chi connectivity index (χ0) is 17.1. The molecule has 0 fully saturated rings. The standard InChI is InChI=1S/C20H23N3O2.HI/c1-21-20(22-11-14-5-7-16-3-2-4-17(16)9-14)23-12-15-6-8-18-19(10-15)25-13-24-18;/h5-10H,2-4,11-13H2,1H3,(H2,21,22,23);1H. The van der Waals surface area contributed by atoms with E-state index in [1.54, 1.807) is 7.05 Å². The van der Waals surface area contributed by atoms with E-state index in [1.165, 1.54) is 36.0 Å². The lowest BCUT2D eigenvalue weighted by Crippen LogP contribution is -2.36. The first-order valence-electron chi connectivity index (χ1n) is 8.75. The van der Waals surface area contributed by atoms with Crippen LogP contribution in [-0.2, 0) is 25.9 Å². The fraction of sp³-hybridized carbons (Fsp3) is 0.350. The van der Waals surface area contributed by atoms with Crippen LogP contribution in [0.4, 0.5) is 0 Å². The molecular weight excluding hydrogens is 441 g/mol. The SMILES string of the molecule is CN=C(NCc1ccc2c(c1)CCC2)NCc1ccc2c(c1)OCO2.I. The van der Waals surface area contributed by atoms with Gasteiger partial charge >= 0.3 is 0 Å². The van der Waals surface area contributed by atoms with Gasteiger partial charge in [0.2, 0.25) is 6.79 Å². The molecule has 2 aromatic carbocycles. The van der Waals surface area contributed by atoms with E-state index in [1.807, 2.05) is 18.2 Å². The zero-order valence-electron chi connectivity index (χ0n) is 14.9. The van der Waals surface area contributed by atoms with Crippen molar-refractivity contribution in [3.8, 4) is 11.5 Å². The highest BCUT2D eigenvalue weighted by molar-refractivity contribution is 14.0. The van der Waals surface area contributed by atoms with Crippen molar-refractivity contribution < 1.29 is 9.47 Å². The summed E-state index contributed by atoms with van der Waals surface area (Å²) in [5.41, 5.74) is 5.44. The van der Waals surface area contributed by atoms with Gasteiger partial charge in [0.1, 0.15) is 0 Å². The van der Waals surface area contributed by atoms with Crippen LogP contribution in [-0.4, -0.2) is 19.8 Å². The van der Waals surface area contributed by atoms with Gasteiger partial charge < -0.3 is 20.1 Å². The molecule has 0 bridgehead atoms. The molecule has 2 aromatic rings. The van der Waals surface area contributed by atoms with Crippen molar-refractivity contribution in [2.75, 3.05) is 13.8 Å². The first kappa shape index (κ1) is 18.8. The molecule has 4 rings (SSSR count). The van der Waals surface area contributed by atoms with E-state index < -0.39 is 0 Å². The number of ether oxygens (including phenoxy) is 2. The van der Waals surface area contributed by atoms with Crippen LogP contribution in [0.15, 0.2) is 41.4 Å². The fourth-order valence-corrected chi connectivity index (χ4v) is 3.38. The topological polar surface area (TPSA) is 54.9 Å². The molecule has 0 radical (unpaired) electrons. The van der Waals surface area contributed by atoms with Crippen LogP contribution in [0.1, 0.15) is 28.7 Å². The number of guanidine groups is 1. The molecule has 5 nitrogen and oxygen atoms in total. The van der Waals surface area contributed by atoms with Crippen LogP contribution in [0.5, 0.6) is 11.5 Å². The summed E-state index contributed by atoms with van der Waals surface area (Å²) in [4.78, 5) is 4.30. The Morgan fingerprint density at radius 2 is 1.62 bits per heavy atom. The summed E-state index contributed by atoms with van der Waals surface area (Å²) in [6, 6.07) is 12.8. The number of hydrogen-bond acceptors (Lipinski definition) is 3. The Kier molecular flexibility index (Phi) is 6.24. The van der Waals surface area contributed by atoms with Gasteiger partial charge in [-0.1, -0.05) is 24.3 Å². The highest BCUT2D eigenvalue weighted by Crippen LogP contribution is 2.32. The molecule has 0 saturated heterocycles. The molecule has 138 valence electrons. The molecule has 0 spiro atoms. The molecule has 1 heterocycles. The van der Waals surface area contributed by atoms with Crippen molar-refractivity contribution in [1.82, 2.24) is 10.6 Å². The number of nitrogens with zero attached hydrogens (tertiary/aromatic N) is 1. The van der Waals surface area contributed by atoms with Crippen molar-refractivity contribution in [2.24, 2.45) is 4.99 Å². The number of halogens is 1. The van der Waals surface area contributed by atoms with Gasteiger partial charge in [-0.05, 0) is 53.6 Å².